The highest BCUT2D eigenvalue weighted by atomic mass is 19.1. The maximum absolute atomic E-state index is 13.5. The smallest absolute Gasteiger partial charge is 0.254 e. The third-order valence-corrected chi connectivity index (χ3v) is 5.53. The second kappa shape index (κ2) is 8.69. The van der Waals surface area contributed by atoms with Crippen LogP contribution < -0.4 is 4.90 Å². The van der Waals surface area contributed by atoms with E-state index in [1.165, 1.54) is 12.1 Å². The normalized spacial score (nSPS) is 13.3. The number of halogens is 1. The molecule has 1 aromatic heterocycles. The Labute approximate surface area is 176 Å². The van der Waals surface area contributed by atoms with Crippen molar-refractivity contribution < 1.29 is 13.7 Å². The summed E-state index contributed by atoms with van der Waals surface area (Å²) in [5.41, 5.74) is 2.97. The zero-order valence-electron chi connectivity index (χ0n) is 17.3. The van der Waals surface area contributed by atoms with Crippen LogP contribution in [0.4, 0.5) is 10.3 Å². The number of hydrogen-bond acceptors (Lipinski definition) is 4. The van der Waals surface area contributed by atoms with E-state index >= 15 is 0 Å². The topological polar surface area (TPSA) is 49.6 Å². The van der Waals surface area contributed by atoms with Crippen LogP contribution in [0.5, 0.6) is 0 Å². The van der Waals surface area contributed by atoms with E-state index in [1.54, 1.807) is 12.1 Å². The zero-order valence-corrected chi connectivity index (χ0v) is 17.3. The largest absolute Gasteiger partial charge is 0.341 e. The summed E-state index contributed by atoms with van der Waals surface area (Å²) in [4.78, 5) is 17.3. The minimum absolute atomic E-state index is 0.00912. The van der Waals surface area contributed by atoms with Gasteiger partial charge in [-0.05, 0) is 63.1 Å². The SMILES string of the molecule is CCN(CC)c1onc(-c2ccc(F)cc2)c1CN(C(=O)c1ccccc1)C1CC1. The first-order chi connectivity index (χ1) is 14.6. The van der Waals surface area contributed by atoms with E-state index in [4.69, 9.17) is 4.52 Å². The van der Waals surface area contributed by atoms with Gasteiger partial charge in [-0.2, -0.15) is 0 Å². The van der Waals surface area contributed by atoms with E-state index in [0.29, 0.717) is 23.7 Å². The Morgan fingerprint density at radius 1 is 1.07 bits per heavy atom. The fourth-order valence-electron chi connectivity index (χ4n) is 3.71. The molecule has 156 valence electrons. The first-order valence-electron chi connectivity index (χ1n) is 10.5. The zero-order chi connectivity index (χ0) is 21.1. The molecule has 5 nitrogen and oxygen atoms in total. The van der Waals surface area contributed by atoms with Crippen LogP contribution in [-0.2, 0) is 6.54 Å². The Hall–Kier alpha value is -3.15. The molecular formula is C24H26FN3O2. The van der Waals surface area contributed by atoms with E-state index in [2.05, 4.69) is 23.9 Å². The molecule has 0 unspecified atom stereocenters. The lowest BCUT2D eigenvalue weighted by atomic mass is 10.1. The Bertz CT molecular complexity index is 993. The predicted octanol–water partition coefficient (Wildman–Crippen LogP) is 5.13. The van der Waals surface area contributed by atoms with Gasteiger partial charge in [0, 0.05) is 30.3 Å². The maximum atomic E-state index is 13.5. The van der Waals surface area contributed by atoms with Gasteiger partial charge in [0.05, 0.1) is 12.1 Å². The van der Waals surface area contributed by atoms with E-state index in [9.17, 15) is 9.18 Å². The number of carbonyl (C=O) groups is 1. The monoisotopic (exact) mass is 407 g/mol. The number of rotatable bonds is 8. The van der Waals surface area contributed by atoms with Crippen molar-refractivity contribution in [3.8, 4) is 11.3 Å². The molecule has 30 heavy (non-hydrogen) atoms. The van der Waals surface area contributed by atoms with Gasteiger partial charge < -0.3 is 14.3 Å². The summed E-state index contributed by atoms with van der Waals surface area (Å²) in [5, 5.41) is 4.32. The fourth-order valence-corrected chi connectivity index (χ4v) is 3.71. The molecule has 6 heteroatoms. The number of aromatic nitrogens is 1. The molecule has 0 bridgehead atoms. The third-order valence-electron chi connectivity index (χ3n) is 5.53. The molecule has 0 spiro atoms. The quantitative estimate of drug-likeness (QED) is 0.519. The summed E-state index contributed by atoms with van der Waals surface area (Å²) in [6.07, 6.45) is 1.99. The Balaban J connectivity index is 1.74. The molecular weight excluding hydrogens is 381 g/mol. The number of carbonyl (C=O) groups excluding carboxylic acids is 1. The summed E-state index contributed by atoms with van der Waals surface area (Å²) < 4.78 is 19.2. The first kappa shape index (κ1) is 20.1. The highest BCUT2D eigenvalue weighted by molar-refractivity contribution is 5.94. The highest BCUT2D eigenvalue weighted by Gasteiger charge is 2.35. The van der Waals surface area contributed by atoms with Gasteiger partial charge in [-0.1, -0.05) is 23.4 Å². The average Bonchev–Trinajstić information content (AvgIpc) is 3.54. The van der Waals surface area contributed by atoms with Gasteiger partial charge in [0.25, 0.3) is 5.91 Å². The van der Waals surface area contributed by atoms with Gasteiger partial charge >= 0.3 is 0 Å². The second-order valence-corrected chi connectivity index (χ2v) is 7.52. The van der Waals surface area contributed by atoms with Crippen molar-refractivity contribution in [1.82, 2.24) is 10.1 Å². The van der Waals surface area contributed by atoms with Crippen LogP contribution >= 0.6 is 0 Å². The number of benzene rings is 2. The van der Waals surface area contributed by atoms with Crippen molar-refractivity contribution in [2.75, 3.05) is 18.0 Å². The van der Waals surface area contributed by atoms with Crippen LogP contribution in [0.3, 0.4) is 0 Å². The lowest BCUT2D eigenvalue weighted by Crippen LogP contribution is -2.33. The van der Waals surface area contributed by atoms with Crippen molar-refractivity contribution in [3.63, 3.8) is 0 Å². The summed E-state index contributed by atoms with van der Waals surface area (Å²) in [6.45, 7) is 6.04. The molecule has 0 saturated heterocycles. The third kappa shape index (κ3) is 4.08. The summed E-state index contributed by atoms with van der Waals surface area (Å²) >= 11 is 0. The molecule has 4 rings (SSSR count). The van der Waals surface area contributed by atoms with Gasteiger partial charge in [-0.3, -0.25) is 4.79 Å². The number of anilines is 1. The highest BCUT2D eigenvalue weighted by Crippen LogP contribution is 2.36. The lowest BCUT2D eigenvalue weighted by Gasteiger charge is -2.25. The van der Waals surface area contributed by atoms with Crippen LogP contribution in [0.1, 0.15) is 42.6 Å². The fraction of sp³-hybridized carbons (Fsp3) is 0.333. The van der Waals surface area contributed by atoms with Crippen LogP contribution in [-0.4, -0.2) is 35.1 Å². The minimum Gasteiger partial charge on any atom is -0.341 e. The summed E-state index contributed by atoms with van der Waals surface area (Å²) in [5.74, 6) is 0.382. The van der Waals surface area contributed by atoms with Gasteiger partial charge in [0.1, 0.15) is 11.5 Å². The minimum atomic E-state index is -0.299. The molecule has 2 aromatic carbocycles. The molecule has 1 heterocycles. The van der Waals surface area contributed by atoms with E-state index in [-0.39, 0.29) is 17.8 Å². The van der Waals surface area contributed by atoms with E-state index < -0.39 is 0 Å². The summed E-state index contributed by atoms with van der Waals surface area (Å²) in [6, 6.07) is 15.8. The molecule has 0 radical (unpaired) electrons. The lowest BCUT2D eigenvalue weighted by molar-refractivity contribution is 0.0730. The molecule has 1 fully saturated rings. The number of nitrogens with zero attached hydrogens (tertiary/aromatic N) is 3. The molecule has 1 amide bonds. The average molecular weight is 407 g/mol. The Morgan fingerprint density at radius 2 is 1.73 bits per heavy atom. The van der Waals surface area contributed by atoms with Gasteiger partial charge in [0.15, 0.2) is 0 Å². The van der Waals surface area contributed by atoms with Crippen molar-refractivity contribution in [2.45, 2.75) is 39.3 Å². The molecule has 0 atom stereocenters. The standard InChI is InChI=1S/C24H26FN3O2/c1-3-27(4-2)24-21(22(26-30-24)17-10-12-19(25)13-11-17)16-28(20-14-15-20)23(29)18-8-6-5-7-9-18/h5-13,20H,3-4,14-16H2,1-2H3. The second-order valence-electron chi connectivity index (χ2n) is 7.52. The molecule has 1 saturated carbocycles. The van der Waals surface area contributed by atoms with E-state index in [1.807, 2.05) is 35.2 Å². The molecule has 0 N–H and O–H groups in total. The van der Waals surface area contributed by atoms with Crippen molar-refractivity contribution in [1.29, 1.82) is 0 Å². The van der Waals surface area contributed by atoms with E-state index in [0.717, 1.165) is 37.1 Å². The molecule has 1 aliphatic carbocycles. The Morgan fingerprint density at radius 3 is 2.33 bits per heavy atom. The van der Waals surface area contributed by atoms with Crippen molar-refractivity contribution in [2.24, 2.45) is 0 Å². The van der Waals surface area contributed by atoms with Gasteiger partial charge in [-0.15, -0.1) is 0 Å². The molecule has 0 aliphatic heterocycles. The number of hydrogen-bond donors (Lipinski definition) is 0. The maximum Gasteiger partial charge on any atom is 0.254 e. The van der Waals surface area contributed by atoms with Crippen LogP contribution in [0.25, 0.3) is 11.3 Å². The predicted molar refractivity (Wildman–Crippen MR) is 115 cm³/mol. The van der Waals surface area contributed by atoms with Crippen molar-refractivity contribution in [3.05, 3.63) is 71.5 Å². The first-order valence-corrected chi connectivity index (χ1v) is 10.5. The molecule has 1 aliphatic rings. The summed E-state index contributed by atoms with van der Waals surface area (Å²) in [7, 11) is 0. The van der Waals surface area contributed by atoms with Crippen LogP contribution in [0.2, 0.25) is 0 Å². The van der Waals surface area contributed by atoms with Gasteiger partial charge in [-0.25, -0.2) is 4.39 Å². The molecule has 3 aromatic rings. The van der Waals surface area contributed by atoms with Crippen molar-refractivity contribution >= 4 is 11.8 Å². The van der Waals surface area contributed by atoms with Crippen LogP contribution in [0.15, 0.2) is 59.1 Å². The van der Waals surface area contributed by atoms with Crippen LogP contribution in [0, 0.1) is 5.82 Å². The van der Waals surface area contributed by atoms with Gasteiger partial charge in [0.2, 0.25) is 5.88 Å². The number of amides is 1. The Kier molecular flexibility index (Phi) is 5.84.